The van der Waals surface area contributed by atoms with Crippen LogP contribution in [0.1, 0.15) is 36.8 Å². The molecule has 0 unspecified atom stereocenters. The largest absolute Gasteiger partial charge is 0.0613 e. The van der Waals surface area contributed by atoms with Crippen LogP contribution in [0.5, 0.6) is 0 Å². The van der Waals surface area contributed by atoms with Crippen molar-refractivity contribution in [1.82, 2.24) is 0 Å². The highest BCUT2D eigenvalue weighted by Gasteiger charge is 2.24. The molecule has 11 heavy (non-hydrogen) atoms. The van der Waals surface area contributed by atoms with Gasteiger partial charge >= 0.3 is 0 Å². The van der Waals surface area contributed by atoms with Crippen LogP contribution >= 0.6 is 0 Å². The Morgan fingerprint density at radius 1 is 1.55 bits per heavy atom. The van der Waals surface area contributed by atoms with E-state index in [-0.39, 0.29) is 0 Å². The number of hydrogen-bond donors (Lipinski definition) is 0. The normalized spacial score (nSPS) is 16.8. The highest BCUT2D eigenvalue weighted by Crippen LogP contribution is 2.41. The van der Waals surface area contributed by atoms with Crippen LogP contribution in [-0.4, -0.2) is 0 Å². The van der Waals surface area contributed by atoms with Crippen molar-refractivity contribution in [3.63, 3.8) is 0 Å². The Bertz CT molecular complexity index is 246. The van der Waals surface area contributed by atoms with Gasteiger partial charge in [0.15, 0.2) is 0 Å². The Morgan fingerprint density at radius 3 is 3.00 bits per heavy atom. The van der Waals surface area contributed by atoms with E-state index >= 15 is 0 Å². The van der Waals surface area contributed by atoms with Crippen LogP contribution in [0.25, 0.3) is 0 Å². The first-order chi connectivity index (χ1) is 5.42. The fourth-order valence-corrected chi connectivity index (χ4v) is 1.57. The molecule has 0 heteroatoms. The predicted molar refractivity (Wildman–Crippen MR) is 46.6 cm³/mol. The molecule has 0 amide bonds. The quantitative estimate of drug-likeness (QED) is 0.600. The second-order valence-electron chi connectivity index (χ2n) is 3.25. The number of rotatable bonds is 2. The smallest absolute Gasteiger partial charge is 0.0159 e. The van der Waals surface area contributed by atoms with Gasteiger partial charge in [0.2, 0.25) is 0 Å². The van der Waals surface area contributed by atoms with E-state index in [4.69, 9.17) is 0 Å². The van der Waals surface area contributed by atoms with Crippen LogP contribution < -0.4 is 0 Å². The Hall–Kier alpha value is -0.780. The summed E-state index contributed by atoms with van der Waals surface area (Å²) in [5, 5.41) is 0. The molecule has 0 spiro atoms. The third-order valence-electron chi connectivity index (χ3n) is 2.39. The molecule has 57 valence electrons. The monoisotopic (exact) mass is 145 g/mol. The van der Waals surface area contributed by atoms with E-state index in [0.717, 1.165) is 5.92 Å². The van der Waals surface area contributed by atoms with Crippen LogP contribution in [0.4, 0.5) is 0 Å². The van der Waals surface area contributed by atoms with Gasteiger partial charge in [0.05, 0.1) is 0 Å². The van der Waals surface area contributed by atoms with Crippen molar-refractivity contribution >= 4 is 0 Å². The number of hydrogen-bond acceptors (Lipinski definition) is 0. The zero-order chi connectivity index (χ0) is 7.68. The molecule has 1 radical (unpaired) electrons. The van der Waals surface area contributed by atoms with E-state index < -0.39 is 0 Å². The van der Waals surface area contributed by atoms with Gasteiger partial charge in [-0.05, 0) is 42.4 Å². The standard InChI is InChI=1S/C11H13/c1-2-9-5-3-4-6-11(9)10-7-8-10/h3,5-6,10H,2,7-8H2,1H3. The van der Waals surface area contributed by atoms with Crippen LogP contribution in [0, 0.1) is 6.07 Å². The molecule has 1 fully saturated rings. The summed E-state index contributed by atoms with van der Waals surface area (Å²) in [7, 11) is 0. The van der Waals surface area contributed by atoms with Crippen LogP contribution in [-0.2, 0) is 6.42 Å². The first kappa shape index (κ1) is 6.90. The molecule has 0 atom stereocenters. The first-order valence-corrected chi connectivity index (χ1v) is 4.40. The molecule has 1 aliphatic carbocycles. The lowest BCUT2D eigenvalue weighted by Crippen LogP contribution is -1.88. The van der Waals surface area contributed by atoms with Gasteiger partial charge in [-0.15, -0.1) is 0 Å². The lowest BCUT2D eigenvalue weighted by atomic mass is 10.0. The molecule has 0 N–H and O–H groups in total. The molecule has 1 saturated carbocycles. The minimum absolute atomic E-state index is 0.877. The maximum atomic E-state index is 3.16. The lowest BCUT2D eigenvalue weighted by molar-refractivity contribution is 1.03. The van der Waals surface area contributed by atoms with Gasteiger partial charge in [0.1, 0.15) is 0 Å². The average Bonchev–Trinajstić information content (AvgIpc) is 2.87. The second-order valence-corrected chi connectivity index (χ2v) is 3.25. The summed E-state index contributed by atoms with van der Waals surface area (Å²) in [5.41, 5.74) is 3.07. The zero-order valence-electron chi connectivity index (χ0n) is 6.93. The molecule has 2 rings (SSSR count). The van der Waals surface area contributed by atoms with Crippen molar-refractivity contribution < 1.29 is 0 Å². The van der Waals surface area contributed by atoms with Crippen LogP contribution in [0.3, 0.4) is 0 Å². The lowest BCUT2D eigenvalue weighted by Gasteiger charge is -2.03. The third kappa shape index (κ3) is 1.30. The van der Waals surface area contributed by atoms with Crippen LogP contribution in [0.15, 0.2) is 18.2 Å². The van der Waals surface area contributed by atoms with Crippen molar-refractivity contribution in [1.29, 1.82) is 0 Å². The van der Waals surface area contributed by atoms with Crippen LogP contribution in [0.2, 0.25) is 0 Å². The molecular weight excluding hydrogens is 132 g/mol. The molecule has 0 heterocycles. The Labute approximate surface area is 68.3 Å². The fourth-order valence-electron chi connectivity index (χ4n) is 1.57. The van der Waals surface area contributed by atoms with E-state index in [0.29, 0.717) is 0 Å². The van der Waals surface area contributed by atoms with Crippen molar-refractivity contribution in [3.8, 4) is 0 Å². The summed E-state index contributed by atoms with van der Waals surface area (Å²) in [6.07, 6.45) is 3.95. The Morgan fingerprint density at radius 2 is 2.36 bits per heavy atom. The van der Waals surface area contributed by atoms with Crippen molar-refractivity contribution in [2.75, 3.05) is 0 Å². The number of benzene rings is 1. The summed E-state index contributed by atoms with van der Waals surface area (Å²) in [6, 6.07) is 9.54. The SMILES string of the molecule is CCc1cc[c]cc1C1CC1. The minimum atomic E-state index is 0.877. The number of aryl methyl sites for hydroxylation is 1. The third-order valence-corrected chi connectivity index (χ3v) is 2.39. The minimum Gasteiger partial charge on any atom is -0.0613 e. The highest BCUT2D eigenvalue weighted by atomic mass is 14.3. The van der Waals surface area contributed by atoms with Gasteiger partial charge in [0.25, 0.3) is 0 Å². The van der Waals surface area contributed by atoms with Gasteiger partial charge in [-0.3, -0.25) is 0 Å². The molecule has 1 aromatic carbocycles. The molecule has 1 aliphatic rings. The molecule has 0 bridgehead atoms. The van der Waals surface area contributed by atoms with Gasteiger partial charge in [-0.2, -0.15) is 0 Å². The summed E-state index contributed by atoms with van der Waals surface area (Å²) < 4.78 is 0. The topological polar surface area (TPSA) is 0 Å². The average molecular weight is 145 g/mol. The van der Waals surface area contributed by atoms with E-state index in [1.165, 1.54) is 24.8 Å². The maximum Gasteiger partial charge on any atom is -0.0159 e. The fraction of sp³-hybridized carbons (Fsp3) is 0.455. The van der Waals surface area contributed by atoms with Gasteiger partial charge in [-0.1, -0.05) is 25.1 Å². The Balaban J connectivity index is 2.34. The zero-order valence-corrected chi connectivity index (χ0v) is 6.93. The summed E-state index contributed by atoms with van der Waals surface area (Å²) >= 11 is 0. The van der Waals surface area contributed by atoms with E-state index in [1.807, 2.05) is 6.07 Å². The second kappa shape index (κ2) is 2.69. The first-order valence-electron chi connectivity index (χ1n) is 4.40. The molecule has 1 aromatic rings. The Kier molecular flexibility index (Phi) is 1.69. The summed E-state index contributed by atoms with van der Waals surface area (Å²) in [6.45, 7) is 2.22. The molecule has 0 aliphatic heterocycles. The van der Waals surface area contributed by atoms with Crippen molar-refractivity contribution in [3.05, 3.63) is 35.4 Å². The van der Waals surface area contributed by atoms with E-state index in [9.17, 15) is 0 Å². The molecule has 0 saturated heterocycles. The molecular formula is C11H13. The maximum absolute atomic E-state index is 3.16. The summed E-state index contributed by atoms with van der Waals surface area (Å²) in [5.74, 6) is 0.877. The van der Waals surface area contributed by atoms with Gasteiger partial charge in [0, 0.05) is 0 Å². The van der Waals surface area contributed by atoms with E-state index in [2.05, 4.69) is 25.1 Å². The highest BCUT2D eigenvalue weighted by molar-refractivity contribution is 5.32. The molecule has 0 aromatic heterocycles. The predicted octanol–water partition coefficient (Wildman–Crippen LogP) is 2.93. The van der Waals surface area contributed by atoms with Crippen molar-refractivity contribution in [2.24, 2.45) is 0 Å². The van der Waals surface area contributed by atoms with Crippen molar-refractivity contribution in [2.45, 2.75) is 32.1 Å². The van der Waals surface area contributed by atoms with Gasteiger partial charge in [-0.25, -0.2) is 0 Å². The molecule has 0 nitrogen and oxygen atoms in total. The van der Waals surface area contributed by atoms with E-state index in [1.54, 1.807) is 5.56 Å². The summed E-state index contributed by atoms with van der Waals surface area (Å²) in [4.78, 5) is 0. The van der Waals surface area contributed by atoms with Gasteiger partial charge < -0.3 is 0 Å².